The van der Waals surface area contributed by atoms with Crippen LogP contribution in [0, 0.1) is 10.8 Å². The van der Waals surface area contributed by atoms with E-state index in [4.69, 9.17) is 43.1 Å². The van der Waals surface area contributed by atoms with Crippen molar-refractivity contribution in [2.24, 2.45) is 16.6 Å². The van der Waals surface area contributed by atoms with Crippen LogP contribution in [0.1, 0.15) is 160 Å². The molecule has 0 aliphatic heterocycles. The van der Waals surface area contributed by atoms with E-state index >= 15 is 0 Å². The number of rotatable bonds is 15. The first-order valence-electron chi connectivity index (χ1n) is 19.7. The Morgan fingerprint density at radius 2 is 0.966 bits per heavy atom. The number of carbonyl (C=O) groups is 5. The summed E-state index contributed by atoms with van der Waals surface area (Å²) in [5.74, 6) is -1.21. The van der Waals surface area contributed by atoms with E-state index in [1.54, 1.807) is 58.9 Å². The molecule has 2 aromatic rings. The average molecular weight is 854 g/mol. The summed E-state index contributed by atoms with van der Waals surface area (Å²) in [5.41, 5.74) is 7.87. The van der Waals surface area contributed by atoms with Gasteiger partial charge in [0.1, 0.15) is 12.1 Å². The van der Waals surface area contributed by atoms with Crippen molar-refractivity contribution in [1.29, 1.82) is 0 Å². The number of ether oxygens (including phenoxy) is 3. The van der Waals surface area contributed by atoms with Crippen molar-refractivity contribution in [3.05, 3.63) is 70.8 Å². The quantitative estimate of drug-likeness (QED) is 0.0773. The smallest absolute Gasteiger partial charge is 0.408 e. The van der Waals surface area contributed by atoms with Crippen molar-refractivity contribution in [2.75, 3.05) is 18.4 Å². The lowest BCUT2D eigenvalue weighted by molar-refractivity contribution is -0.121. The first-order chi connectivity index (χ1) is 26.7. The largest absolute Gasteiger partial charge is 0.459 e. The lowest BCUT2D eigenvalue weighted by Crippen LogP contribution is -2.41. The van der Waals surface area contributed by atoms with Gasteiger partial charge in [0, 0.05) is 0 Å². The number of esters is 2. The van der Waals surface area contributed by atoms with E-state index < -0.39 is 11.7 Å². The van der Waals surface area contributed by atoms with Gasteiger partial charge in [-0.3, -0.25) is 9.59 Å². The van der Waals surface area contributed by atoms with Crippen molar-refractivity contribution < 1.29 is 38.2 Å². The molecule has 0 radical (unpaired) electrons. The SMILES string of the molecule is CC(C)OC(=O)c1ccc([C@@H](CCC(C)(C)C)NC(=O)CN)cc1.CC(C)OC(=O)c1ccc([C@@H](CCC(C)(C)C)NC(=O)CNC(=O)OC(C)(C)C)cc1.ClCCl. The number of alkyl halides is 2. The van der Waals surface area contributed by atoms with Crippen LogP contribution in [0.5, 0.6) is 0 Å². The van der Waals surface area contributed by atoms with Gasteiger partial charge >= 0.3 is 18.0 Å². The number of nitrogens with two attached hydrogens (primary N) is 1. The Bertz CT molecular complexity index is 1550. The third-order valence-corrected chi connectivity index (χ3v) is 7.80. The second kappa shape index (κ2) is 26.3. The molecule has 3 amide bonds. The van der Waals surface area contributed by atoms with E-state index in [1.807, 2.05) is 38.1 Å². The molecular weight excluding hydrogens is 783 g/mol. The minimum atomic E-state index is -0.637. The molecule has 14 heteroatoms. The molecule has 0 saturated carbocycles. The van der Waals surface area contributed by atoms with Gasteiger partial charge in [0.2, 0.25) is 11.8 Å². The molecule has 328 valence electrons. The number of hydrogen-bond acceptors (Lipinski definition) is 9. The maximum Gasteiger partial charge on any atom is 0.408 e. The molecule has 0 unspecified atom stereocenters. The van der Waals surface area contributed by atoms with Gasteiger partial charge in [-0.25, -0.2) is 14.4 Å². The molecule has 12 nitrogen and oxygen atoms in total. The highest BCUT2D eigenvalue weighted by atomic mass is 35.5. The first-order valence-corrected chi connectivity index (χ1v) is 20.8. The molecule has 0 saturated heterocycles. The van der Waals surface area contributed by atoms with Gasteiger partial charge in [-0.15, -0.1) is 23.2 Å². The van der Waals surface area contributed by atoms with E-state index in [9.17, 15) is 24.0 Å². The van der Waals surface area contributed by atoms with Crippen LogP contribution in [0.4, 0.5) is 4.79 Å². The van der Waals surface area contributed by atoms with Crippen LogP contribution < -0.4 is 21.7 Å². The number of benzene rings is 2. The molecule has 0 heterocycles. The zero-order valence-electron chi connectivity index (χ0n) is 37.0. The van der Waals surface area contributed by atoms with Gasteiger partial charge < -0.3 is 35.9 Å². The number of amides is 3. The topological polar surface area (TPSA) is 175 Å². The first kappa shape index (κ1) is 54.1. The number of hydrogen-bond donors (Lipinski definition) is 4. The summed E-state index contributed by atoms with van der Waals surface area (Å²) in [6.45, 7) is 25.2. The fourth-order valence-electron chi connectivity index (χ4n) is 5.03. The number of carbonyl (C=O) groups excluding carboxylic acids is 5. The molecule has 0 bridgehead atoms. The van der Waals surface area contributed by atoms with E-state index in [0.29, 0.717) is 11.1 Å². The van der Waals surface area contributed by atoms with E-state index in [2.05, 4.69) is 57.5 Å². The van der Waals surface area contributed by atoms with Crippen LogP contribution in [0.15, 0.2) is 48.5 Å². The van der Waals surface area contributed by atoms with Crippen LogP contribution in [0.2, 0.25) is 0 Å². The standard InChI is InChI=1S/C24H38N2O5.C19H30N2O3.CH2Cl2/c1-16(2)30-21(28)18-11-9-17(10-12-18)19(13-14-23(3,4)5)26-20(27)15-25-22(29)31-24(6,7)8;1-13(2)24-18(23)15-8-6-14(7-9-15)16(21-17(22)12-20)10-11-19(3,4)5;2-1-3/h9-12,16,19H,13-15H2,1-8H3,(H,25,29)(H,26,27);6-9,13,16H,10-12,20H2,1-5H3,(H,21,22);1H2/t19-;16-;/m11./s1. The lowest BCUT2D eigenvalue weighted by atomic mass is 9.87. The predicted octanol–water partition coefficient (Wildman–Crippen LogP) is 9.38. The normalized spacial score (nSPS) is 12.4. The molecule has 0 aliphatic rings. The molecule has 2 rings (SSSR count). The van der Waals surface area contributed by atoms with E-state index in [1.165, 1.54) is 0 Å². The number of nitrogens with one attached hydrogen (secondary N) is 3. The molecule has 5 N–H and O–H groups in total. The van der Waals surface area contributed by atoms with Gasteiger partial charge in [-0.1, -0.05) is 65.8 Å². The Kier molecular flexibility index (Phi) is 24.5. The molecule has 2 atom stereocenters. The second-order valence-corrected chi connectivity index (χ2v) is 18.6. The summed E-state index contributed by atoms with van der Waals surface area (Å²) in [6, 6.07) is 13.9. The van der Waals surface area contributed by atoms with Crippen molar-refractivity contribution >= 4 is 53.0 Å². The zero-order chi connectivity index (χ0) is 44.9. The predicted molar refractivity (Wildman–Crippen MR) is 233 cm³/mol. The molecule has 0 aliphatic carbocycles. The van der Waals surface area contributed by atoms with Gasteiger partial charge in [0.15, 0.2) is 0 Å². The minimum Gasteiger partial charge on any atom is -0.459 e. The third-order valence-electron chi connectivity index (χ3n) is 7.80. The highest BCUT2D eigenvalue weighted by Crippen LogP contribution is 2.29. The Hall–Kier alpha value is -3.87. The fourth-order valence-corrected chi connectivity index (χ4v) is 5.03. The maximum absolute atomic E-state index is 12.5. The maximum atomic E-state index is 12.5. The lowest BCUT2D eigenvalue weighted by Gasteiger charge is -2.25. The monoisotopic (exact) mass is 852 g/mol. The summed E-state index contributed by atoms with van der Waals surface area (Å²) in [7, 11) is 0. The fraction of sp³-hybridized carbons (Fsp3) is 0.614. The summed E-state index contributed by atoms with van der Waals surface area (Å²) in [5, 5.41) is 8.61. The van der Waals surface area contributed by atoms with Gasteiger partial charge in [-0.05, 0) is 120 Å². The number of alkyl carbamates (subject to hydrolysis) is 1. The van der Waals surface area contributed by atoms with Gasteiger partial charge in [0.05, 0.1) is 47.3 Å². The summed E-state index contributed by atoms with van der Waals surface area (Å²) in [6.07, 6.45) is 2.39. The van der Waals surface area contributed by atoms with E-state index in [-0.39, 0.29) is 77.3 Å². The van der Waals surface area contributed by atoms with Crippen LogP contribution in [-0.2, 0) is 23.8 Å². The molecular formula is C44H70Cl2N4O8. The van der Waals surface area contributed by atoms with Crippen molar-refractivity contribution in [3.8, 4) is 0 Å². The highest BCUT2D eigenvalue weighted by molar-refractivity contribution is 6.40. The van der Waals surface area contributed by atoms with Gasteiger partial charge in [-0.2, -0.15) is 0 Å². The van der Waals surface area contributed by atoms with Crippen molar-refractivity contribution in [3.63, 3.8) is 0 Å². The van der Waals surface area contributed by atoms with Crippen LogP contribution in [-0.4, -0.2) is 66.1 Å². The Balaban J connectivity index is 0.00000108. The number of halogens is 2. The average Bonchev–Trinajstić information content (AvgIpc) is 3.09. The Morgan fingerprint density at radius 3 is 1.26 bits per heavy atom. The molecule has 58 heavy (non-hydrogen) atoms. The minimum absolute atomic E-state index is 0.0369. The molecule has 0 aromatic heterocycles. The van der Waals surface area contributed by atoms with Crippen molar-refractivity contribution in [1.82, 2.24) is 16.0 Å². The molecule has 0 fully saturated rings. The Morgan fingerprint density at radius 1 is 0.621 bits per heavy atom. The van der Waals surface area contributed by atoms with Gasteiger partial charge in [0.25, 0.3) is 0 Å². The summed E-state index contributed by atoms with van der Waals surface area (Å²) < 4.78 is 15.6. The van der Waals surface area contributed by atoms with Crippen molar-refractivity contribution in [2.45, 2.75) is 146 Å². The summed E-state index contributed by atoms with van der Waals surface area (Å²) >= 11 is 9.53. The van der Waals surface area contributed by atoms with Crippen LogP contribution >= 0.6 is 23.2 Å². The summed E-state index contributed by atoms with van der Waals surface area (Å²) in [4.78, 5) is 59.9. The van der Waals surface area contributed by atoms with E-state index in [0.717, 1.165) is 36.8 Å². The highest BCUT2D eigenvalue weighted by Gasteiger charge is 2.22. The molecule has 2 aromatic carbocycles. The van der Waals surface area contributed by atoms with Crippen LogP contribution in [0.3, 0.4) is 0 Å². The Labute approximate surface area is 357 Å². The third kappa shape index (κ3) is 26.2. The van der Waals surface area contributed by atoms with Crippen LogP contribution in [0.25, 0.3) is 0 Å². The zero-order valence-corrected chi connectivity index (χ0v) is 38.5. The molecule has 0 spiro atoms. The second-order valence-electron chi connectivity index (χ2n) is 17.8.